The molecule has 0 saturated carbocycles. The Morgan fingerprint density at radius 3 is 1.72 bits per heavy atom. The number of rotatable bonds is 13. The molecule has 0 saturated heterocycles. The molecule has 0 fully saturated rings. The van der Waals surface area contributed by atoms with Crippen molar-refractivity contribution in [3.05, 3.63) is 79.9 Å². The molecule has 1 rings (SSSR count). The third kappa shape index (κ3) is 31.5. The summed E-state index contributed by atoms with van der Waals surface area (Å²) < 4.78 is 18.0. The van der Waals surface area contributed by atoms with Gasteiger partial charge in [0.05, 0.1) is 26.6 Å². The van der Waals surface area contributed by atoms with Gasteiger partial charge in [0, 0.05) is 17.7 Å². The summed E-state index contributed by atoms with van der Waals surface area (Å²) in [6, 6.07) is 10.0. The zero-order valence-corrected chi connectivity index (χ0v) is 23.0. The largest absolute Gasteiger partial charge is 0.481 e. The van der Waals surface area contributed by atoms with Crippen LogP contribution in [-0.4, -0.2) is 61.9 Å². The van der Waals surface area contributed by atoms with Crippen LogP contribution in [0, 0.1) is 0 Å². The van der Waals surface area contributed by atoms with Crippen molar-refractivity contribution in [2.75, 3.05) is 26.9 Å². The number of carboxylic acids is 1. The molecule has 1 N–H and O–H groups in total. The van der Waals surface area contributed by atoms with Gasteiger partial charge in [-0.1, -0.05) is 76.1 Å². The Hall–Kier alpha value is -4.47. The highest BCUT2D eigenvalue weighted by molar-refractivity contribution is 5.86. The Bertz CT molecular complexity index is 904. The number of esters is 4. The molecule has 0 radical (unpaired) electrons. The summed E-state index contributed by atoms with van der Waals surface area (Å²) >= 11 is 0. The monoisotopic (exact) mass is 548 g/mol. The highest BCUT2D eigenvalue weighted by Crippen LogP contribution is 1.97. The predicted octanol–water partition coefficient (Wildman–Crippen LogP) is 4.70. The first kappa shape index (κ1) is 39.0. The number of ether oxygens (including phenoxy) is 4. The molecule has 10 nitrogen and oxygen atoms in total. The average Bonchev–Trinajstić information content (AvgIpc) is 2.94. The number of hydrogen-bond donors (Lipinski definition) is 1. The van der Waals surface area contributed by atoms with Gasteiger partial charge >= 0.3 is 29.8 Å². The minimum Gasteiger partial charge on any atom is -0.481 e. The molecule has 10 heteroatoms. The van der Waals surface area contributed by atoms with Crippen LogP contribution in [0.1, 0.15) is 45.1 Å². The molecule has 39 heavy (non-hydrogen) atoms. The number of methoxy groups -OCH3 is 1. The molecule has 0 atom stereocenters. The molecule has 216 valence electrons. The van der Waals surface area contributed by atoms with Crippen molar-refractivity contribution in [2.45, 2.75) is 39.5 Å². The highest BCUT2D eigenvalue weighted by Gasteiger charge is 2.06. The number of hydrogen-bond acceptors (Lipinski definition) is 9. The molecule has 0 aliphatic heterocycles. The SMILES string of the molecule is C=C(C)C(=O)OC.C=CC(=O)OCCCC.C=CC(=O)OCCOC(=O)CCC(=O)O.C=Cc1ccccc1. The molecule has 0 spiro atoms. The summed E-state index contributed by atoms with van der Waals surface area (Å²) in [5.74, 6) is -2.97. The van der Waals surface area contributed by atoms with Gasteiger partial charge in [0.2, 0.25) is 0 Å². The Morgan fingerprint density at radius 2 is 1.36 bits per heavy atom. The lowest BCUT2D eigenvalue weighted by molar-refractivity contribution is -0.151. The summed E-state index contributed by atoms with van der Waals surface area (Å²) in [4.78, 5) is 51.9. The lowest BCUT2D eigenvalue weighted by atomic mass is 10.2. The number of carboxylic acid groups (broad SMARTS) is 1. The van der Waals surface area contributed by atoms with Crippen molar-refractivity contribution in [1.82, 2.24) is 0 Å². The molecule has 0 aliphatic rings. The first-order valence-corrected chi connectivity index (χ1v) is 11.9. The maximum absolute atomic E-state index is 10.8. The molecule has 1 aromatic rings. The summed E-state index contributed by atoms with van der Waals surface area (Å²) in [6.45, 7) is 17.4. The molecular weight excluding hydrogens is 508 g/mol. The van der Waals surface area contributed by atoms with Gasteiger partial charge in [0.1, 0.15) is 13.2 Å². The maximum Gasteiger partial charge on any atom is 0.332 e. The standard InChI is InChI=1S/C9H12O6.C8H8.C7H12O2.C5H8O2/c1-2-8(12)14-5-6-15-9(13)4-3-7(10)11;1-2-8-6-4-3-5-7-8;1-3-5-6-9-7(8)4-2;1-4(2)5(6)7-3/h2H,1,3-6H2,(H,10,11);2-7H,1H2;4H,2-3,5-6H2,1H3;1H2,2-3H3. The van der Waals surface area contributed by atoms with E-state index in [4.69, 9.17) is 5.11 Å². The molecule has 0 heterocycles. The van der Waals surface area contributed by atoms with Crippen molar-refractivity contribution in [2.24, 2.45) is 0 Å². The van der Waals surface area contributed by atoms with Gasteiger partial charge in [0.15, 0.2) is 0 Å². The fourth-order valence-electron chi connectivity index (χ4n) is 1.78. The van der Waals surface area contributed by atoms with Gasteiger partial charge in [-0.15, -0.1) is 0 Å². The van der Waals surface area contributed by atoms with E-state index < -0.39 is 17.9 Å². The maximum atomic E-state index is 10.8. The van der Waals surface area contributed by atoms with E-state index >= 15 is 0 Å². The predicted molar refractivity (Wildman–Crippen MR) is 148 cm³/mol. The van der Waals surface area contributed by atoms with E-state index in [0.717, 1.165) is 18.9 Å². The van der Waals surface area contributed by atoms with Gasteiger partial charge < -0.3 is 24.1 Å². The molecule has 0 aromatic heterocycles. The molecule has 0 aliphatic carbocycles. The van der Waals surface area contributed by atoms with E-state index in [2.05, 4.69) is 45.3 Å². The fraction of sp³-hybridized carbons (Fsp3) is 0.345. The summed E-state index contributed by atoms with van der Waals surface area (Å²) in [6.07, 6.45) is 5.52. The smallest absolute Gasteiger partial charge is 0.332 e. The van der Waals surface area contributed by atoms with Gasteiger partial charge in [-0.05, 0) is 18.9 Å². The second-order valence-electron chi connectivity index (χ2n) is 7.10. The van der Waals surface area contributed by atoms with Crippen molar-refractivity contribution in [3.8, 4) is 0 Å². The van der Waals surface area contributed by atoms with E-state index in [1.807, 2.05) is 43.3 Å². The van der Waals surface area contributed by atoms with E-state index in [0.29, 0.717) is 12.2 Å². The number of carbonyl (C=O) groups excluding carboxylic acids is 4. The quantitative estimate of drug-likeness (QED) is 0.159. The number of benzene rings is 1. The average molecular weight is 549 g/mol. The zero-order chi connectivity index (χ0) is 30.5. The van der Waals surface area contributed by atoms with Crippen LogP contribution in [0.15, 0.2) is 74.4 Å². The third-order valence-corrected chi connectivity index (χ3v) is 3.78. The van der Waals surface area contributed by atoms with E-state index in [1.54, 1.807) is 6.92 Å². The molecule has 0 bridgehead atoms. The lowest BCUT2D eigenvalue weighted by Crippen LogP contribution is -2.13. The molecular formula is C29H40O10. The molecule has 1 aromatic carbocycles. The van der Waals surface area contributed by atoms with E-state index in [-0.39, 0.29) is 38.0 Å². The Morgan fingerprint density at radius 1 is 0.846 bits per heavy atom. The number of unbranched alkanes of at least 4 members (excludes halogenated alkanes) is 1. The van der Waals surface area contributed by atoms with Gasteiger partial charge in [-0.25, -0.2) is 14.4 Å². The van der Waals surface area contributed by atoms with Crippen LogP contribution in [-0.2, 0) is 42.9 Å². The lowest BCUT2D eigenvalue weighted by Gasteiger charge is -2.03. The number of aliphatic carboxylic acids is 1. The first-order chi connectivity index (χ1) is 18.5. The van der Waals surface area contributed by atoms with Crippen LogP contribution in [0.25, 0.3) is 6.08 Å². The number of carbonyl (C=O) groups is 5. The molecule has 0 amide bonds. The Balaban J connectivity index is -0.000000466. The van der Waals surface area contributed by atoms with Crippen molar-refractivity contribution in [1.29, 1.82) is 0 Å². The van der Waals surface area contributed by atoms with Crippen LogP contribution in [0.3, 0.4) is 0 Å². The van der Waals surface area contributed by atoms with Crippen molar-refractivity contribution >= 4 is 35.9 Å². The van der Waals surface area contributed by atoms with Crippen molar-refractivity contribution in [3.63, 3.8) is 0 Å². The summed E-state index contributed by atoms with van der Waals surface area (Å²) in [5, 5.41) is 8.25. The Kier molecular flexibility index (Phi) is 28.1. The van der Waals surface area contributed by atoms with Crippen LogP contribution in [0.5, 0.6) is 0 Å². The second kappa shape index (κ2) is 28.1. The fourth-order valence-corrected chi connectivity index (χ4v) is 1.78. The zero-order valence-electron chi connectivity index (χ0n) is 23.0. The minimum absolute atomic E-state index is 0.0658. The second-order valence-corrected chi connectivity index (χ2v) is 7.10. The van der Waals surface area contributed by atoms with Gasteiger partial charge in [0.25, 0.3) is 0 Å². The summed E-state index contributed by atoms with van der Waals surface area (Å²) in [5.41, 5.74) is 1.61. The van der Waals surface area contributed by atoms with Gasteiger partial charge in [-0.2, -0.15) is 0 Å². The third-order valence-electron chi connectivity index (χ3n) is 3.78. The van der Waals surface area contributed by atoms with E-state index in [1.165, 1.54) is 18.7 Å². The normalized spacial score (nSPS) is 8.59. The molecule has 0 unspecified atom stereocenters. The van der Waals surface area contributed by atoms with Gasteiger partial charge in [-0.3, -0.25) is 9.59 Å². The van der Waals surface area contributed by atoms with Crippen LogP contribution < -0.4 is 0 Å². The topological polar surface area (TPSA) is 142 Å². The minimum atomic E-state index is -1.06. The first-order valence-electron chi connectivity index (χ1n) is 11.9. The highest BCUT2D eigenvalue weighted by atomic mass is 16.6. The van der Waals surface area contributed by atoms with E-state index in [9.17, 15) is 24.0 Å². The van der Waals surface area contributed by atoms with Crippen LogP contribution in [0.4, 0.5) is 0 Å². The summed E-state index contributed by atoms with van der Waals surface area (Å²) in [7, 11) is 1.33. The Labute approximate surface area is 230 Å². The van der Waals surface area contributed by atoms with Crippen LogP contribution in [0.2, 0.25) is 0 Å². The van der Waals surface area contributed by atoms with Crippen molar-refractivity contribution < 1.29 is 48.0 Å². The van der Waals surface area contributed by atoms with Crippen LogP contribution >= 0.6 is 0 Å².